The molecule has 3 fully saturated rings. The van der Waals surface area contributed by atoms with Crippen LogP contribution in [0.1, 0.15) is 59.8 Å². The number of aliphatic hydroxyl groups excluding tert-OH is 1. The van der Waals surface area contributed by atoms with E-state index in [1.54, 1.807) is 0 Å². The van der Waals surface area contributed by atoms with Gasteiger partial charge in [0.1, 0.15) is 0 Å². The van der Waals surface area contributed by atoms with Crippen molar-refractivity contribution < 1.29 is 19.4 Å². The zero-order valence-corrected chi connectivity index (χ0v) is 18.2. The SMILES string of the molecule is CCOC(=O)C1CCCN(CC(O)COC2CC3CCC2(C)C3(C)C)C1.Cl. The van der Waals surface area contributed by atoms with Crippen LogP contribution in [0.3, 0.4) is 0 Å². The Kier molecular flexibility index (Phi) is 7.62. The second-order valence-corrected chi connectivity index (χ2v) is 9.44. The number of piperidine rings is 1. The maximum atomic E-state index is 12.0. The minimum absolute atomic E-state index is 0. The summed E-state index contributed by atoms with van der Waals surface area (Å²) in [5, 5.41) is 10.5. The van der Waals surface area contributed by atoms with Crippen LogP contribution in [0.5, 0.6) is 0 Å². The van der Waals surface area contributed by atoms with Crippen LogP contribution in [0.15, 0.2) is 0 Å². The Morgan fingerprint density at radius 3 is 2.63 bits per heavy atom. The smallest absolute Gasteiger partial charge is 0.310 e. The molecule has 0 spiro atoms. The molecular weight excluding hydrogens is 366 g/mol. The van der Waals surface area contributed by atoms with Crippen molar-refractivity contribution in [3.05, 3.63) is 0 Å². The van der Waals surface area contributed by atoms with E-state index in [0.29, 0.717) is 31.7 Å². The summed E-state index contributed by atoms with van der Waals surface area (Å²) in [4.78, 5) is 14.1. The van der Waals surface area contributed by atoms with Crippen molar-refractivity contribution in [2.75, 3.05) is 32.8 Å². The van der Waals surface area contributed by atoms with E-state index in [9.17, 15) is 9.90 Å². The van der Waals surface area contributed by atoms with Crippen LogP contribution in [0, 0.1) is 22.7 Å². The Balaban J connectivity index is 0.00000261. The van der Waals surface area contributed by atoms with Crippen LogP contribution in [-0.4, -0.2) is 61.0 Å². The monoisotopic (exact) mass is 403 g/mol. The number of hydrogen-bond acceptors (Lipinski definition) is 5. The molecule has 2 saturated carbocycles. The van der Waals surface area contributed by atoms with Gasteiger partial charge in [-0.2, -0.15) is 0 Å². The van der Waals surface area contributed by atoms with E-state index in [2.05, 4.69) is 25.7 Å². The molecule has 158 valence electrons. The Morgan fingerprint density at radius 2 is 2.04 bits per heavy atom. The van der Waals surface area contributed by atoms with Crippen molar-refractivity contribution in [3.63, 3.8) is 0 Å². The number of nitrogens with zero attached hydrogens (tertiary/aromatic N) is 1. The standard InChI is InChI=1S/C21H37NO4.ClH/c1-5-25-19(24)15-7-6-10-22(12-15)13-17(23)14-26-18-11-16-8-9-21(18,4)20(16,2)3;/h15-18,23H,5-14H2,1-4H3;1H. The van der Waals surface area contributed by atoms with Crippen LogP contribution in [0.4, 0.5) is 0 Å². The molecular formula is C21H38ClNO4. The first-order chi connectivity index (χ1) is 12.3. The summed E-state index contributed by atoms with van der Waals surface area (Å²) in [6.07, 6.45) is 5.31. The third-order valence-corrected chi connectivity index (χ3v) is 7.80. The van der Waals surface area contributed by atoms with Crippen LogP contribution in [0.2, 0.25) is 0 Å². The highest BCUT2D eigenvalue weighted by Gasteiger charge is 2.61. The van der Waals surface area contributed by atoms with Crippen LogP contribution >= 0.6 is 12.4 Å². The fraction of sp³-hybridized carbons (Fsp3) is 0.952. The lowest BCUT2D eigenvalue weighted by Gasteiger charge is -2.39. The molecule has 2 aliphatic carbocycles. The first-order valence-electron chi connectivity index (χ1n) is 10.5. The number of carbonyl (C=O) groups is 1. The number of esters is 1. The molecule has 0 amide bonds. The van der Waals surface area contributed by atoms with E-state index < -0.39 is 6.10 Å². The summed E-state index contributed by atoms with van der Waals surface area (Å²) in [6.45, 7) is 12.0. The number of ether oxygens (including phenoxy) is 2. The highest BCUT2D eigenvalue weighted by atomic mass is 35.5. The van der Waals surface area contributed by atoms with Gasteiger partial charge in [0.05, 0.1) is 31.3 Å². The number of β-amino-alcohol motifs (C(OH)–C–C–N with tert-alkyl or cyclic N) is 1. The van der Waals surface area contributed by atoms with Gasteiger partial charge in [0.15, 0.2) is 0 Å². The normalized spacial score (nSPS) is 36.3. The van der Waals surface area contributed by atoms with Crippen molar-refractivity contribution in [2.24, 2.45) is 22.7 Å². The first kappa shape index (κ1) is 22.9. The number of halogens is 1. The second kappa shape index (κ2) is 8.98. The van der Waals surface area contributed by atoms with E-state index in [-0.39, 0.29) is 35.8 Å². The average molecular weight is 404 g/mol. The number of aliphatic hydroxyl groups is 1. The molecule has 0 aromatic heterocycles. The predicted octanol–water partition coefficient (Wildman–Crippen LogP) is 3.28. The van der Waals surface area contributed by atoms with E-state index in [1.165, 1.54) is 12.8 Å². The Morgan fingerprint density at radius 1 is 1.30 bits per heavy atom. The largest absolute Gasteiger partial charge is 0.466 e. The quantitative estimate of drug-likeness (QED) is 0.661. The summed E-state index contributed by atoms with van der Waals surface area (Å²) >= 11 is 0. The molecule has 1 aliphatic heterocycles. The predicted molar refractivity (Wildman–Crippen MR) is 108 cm³/mol. The molecule has 6 heteroatoms. The fourth-order valence-electron chi connectivity index (χ4n) is 5.63. The number of carbonyl (C=O) groups excluding carboxylic acids is 1. The molecule has 1 N–H and O–H groups in total. The van der Waals surface area contributed by atoms with Gasteiger partial charge in [-0.15, -0.1) is 12.4 Å². The lowest BCUT2D eigenvalue weighted by molar-refractivity contribution is -0.150. The summed E-state index contributed by atoms with van der Waals surface area (Å²) in [5.41, 5.74) is 0.569. The molecule has 27 heavy (non-hydrogen) atoms. The van der Waals surface area contributed by atoms with Crippen molar-refractivity contribution in [1.29, 1.82) is 0 Å². The Hall–Kier alpha value is -0.360. The molecule has 3 rings (SSSR count). The number of fused-ring (bicyclic) bond motifs is 2. The second-order valence-electron chi connectivity index (χ2n) is 9.44. The van der Waals surface area contributed by atoms with Gasteiger partial charge in [-0.3, -0.25) is 9.69 Å². The summed E-state index contributed by atoms with van der Waals surface area (Å²) in [5.74, 6) is 0.601. The highest BCUT2D eigenvalue weighted by Crippen LogP contribution is 2.66. The molecule has 1 heterocycles. The van der Waals surface area contributed by atoms with Gasteiger partial charge in [0.25, 0.3) is 0 Å². The van der Waals surface area contributed by atoms with Gasteiger partial charge in [0, 0.05) is 13.1 Å². The molecule has 0 radical (unpaired) electrons. The molecule has 0 aromatic carbocycles. The maximum absolute atomic E-state index is 12.0. The topological polar surface area (TPSA) is 59.0 Å². The molecule has 2 bridgehead atoms. The molecule has 5 atom stereocenters. The third kappa shape index (κ3) is 4.47. The first-order valence-corrected chi connectivity index (χ1v) is 10.5. The van der Waals surface area contributed by atoms with Crippen LogP contribution in [-0.2, 0) is 14.3 Å². The molecule has 5 unspecified atom stereocenters. The van der Waals surface area contributed by atoms with Gasteiger partial charge in [-0.25, -0.2) is 0 Å². The summed E-state index contributed by atoms with van der Waals surface area (Å²) in [7, 11) is 0. The van der Waals surface area contributed by atoms with Gasteiger partial charge in [-0.05, 0) is 62.3 Å². The van der Waals surface area contributed by atoms with Gasteiger partial charge < -0.3 is 14.6 Å². The minimum Gasteiger partial charge on any atom is -0.466 e. The lowest BCUT2D eigenvalue weighted by atomic mass is 9.70. The molecule has 0 aromatic rings. The highest BCUT2D eigenvalue weighted by molar-refractivity contribution is 5.85. The zero-order valence-electron chi connectivity index (χ0n) is 17.4. The lowest BCUT2D eigenvalue weighted by Crippen LogP contribution is -2.45. The van der Waals surface area contributed by atoms with E-state index in [0.717, 1.165) is 31.7 Å². The zero-order chi connectivity index (χ0) is 18.9. The molecule has 3 aliphatic rings. The average Bonchev–Trinajstić information content (AvgIpc) is 2.93. The molecule has 1 saturated heterocycles. The van der Waals surface area contributed by atoms with Gasteiger partial charge in [0.2, 0.25) is 0 Å². The van der Waals surface area contributed by atoms with Crippen LogP contribution in [0.25, 0.3) is 0 Å². The molecule has 5 nitrogen and oxygen atoms in total. The fourth-order valence-corrected chi connectivity index (χ4v) is 5.63. The van der Waals surface area contributed by atoms with Crippen molar-refractivity contribution in [3.8, 4) is 0 Å². The number of likely N-dealkylation sites (tertiary alicyclic amines) is 1. The van der Waals surface area contributed by atoms with Gasteiger partial charge in [-0.1, -0.05) is 20.8 Å². The van der Waals surface area contributed by atoms with Crippen molar-refractivity contribution >= 4 is 18.4 Å². The van der Waals surface area contributed by atoms with Crippen molar-refractivity contribution in [2.45, 2.75) is 72.0 Å². The number of hydrogen-bond donors (Lipinski definition) is 1. The van der Waals surface area contributed by atoms with E-state index >= 15 is 0 Å². The Bertz CT molecular complexity index is 514. The Labute approximate surface area is 170 Å². The summed E-state index contributed by atoms with van der Waals surface area (Å²) in [6, 6.07) is 0. The van der Waals surface area contributed by atoms with E-state index in [1.807, 2.05) is 6.92 Å². The maximum Gasteiger partial charge on any atom is 0.310 e. The van der Waals surface area contributed by atoms with E-state index in [4.69, 9.17) is 9.47 Å². The minimum atomic E-state index is -0.498. The van der Waals surface area contributed by atoms with Crippen LogP contribution < -0.4 is 0 Å². The van der Waals surface area contributed by atoms with Crippen molar-refractivity contribution in [1.82, 2.24) is 4.90 Å². The number of rotatable bonds is 7. The third-order valence-electron chi connectivity index (χ3n) is 7.80. The summed E-state index contributed by atoms with van der Waals surface area (Å²) < 4.78 is 11.4. The van der Waals surface area contributed by atoms with Gasteiger partial charge >= 0.3 is 5.97 Å².